The van der Waals surface area contributed by atoms with Gasteiger partial charge < -0.3 is 9.80 Å². The quantitative estimate of drug-likeness (QED) is 0.372. The molecular weight excluding hydrogens is 436 g/mol. The fourth-order valence-electron chi connectivity index (χ4n) is 6.43. The van der Waals surface area contributed by atoms with Crippen LogP contribution in [0.3, 0.4) is 0 Å². The first kappa shape index (κ1) is 24.7. The molecule has 0 amide bonds. The fourth-order valence-corrected chi connectivity index (χ4v) is 6.43. The molecular formula is C34H42N2. The molecule has 2 aromatic carbocycles. The normalized spacial score (nSPS) is 19.4. The predicted octanol–water partition coefficient (Wildman–Crippen LogP) is 9.67. The van der Waals surface area contributed by atoms with Crippen LogP contribution in [0, 0.1) is 5.41 Å². The minimum Gasteiger partial charge on any atom is -0.349 e. The minimum absolute atomic E-state index is 0.265. The van der Waals surface area contributed by atoms with Crippen molar-refractivity contribution >= 4 is 28.2 Å². The zero-order chi connectivity index (χ0) is 25.1. The van der Waals surface area contributed by atoms with Crippen molar-refractivity contribution in [2.75, 3.05) is 16.3 Å². The van der Waals surface area contributed by atoms with Gasteiger partial charge in [0.05, 0.1) is 17.1 Å². The Morgan fingerprint density at radius 3 is 1.94 bits per heavy atom. The van der Waals surface area contributed by atoms with Gasteiger partial charge in [-0.15, -0.1) is 0 Å². The Hall–Kier alpha value is -3.00. The Bertz CT molecular complexity index is 1160. The molecule has 1 heterocycles. The summed E-state index contributed by atoms with van der Waals surface area (Å²) in [4.78, 5) is 5.40. The van der Waals surface area contributed by atoms with Crippen molar-refractivity contribution in [1.29, 1.82) is 0 Å². The van der Waals surface area contributed by atoms with Crippen molar-refractivity contribution in [1.82, 2.24) is 0 Å². The van der Waals surface area contributed by atoms with Crippen molar-refractivity contribution in [3.63, 3.8) is 0 Å². The minimum atomic E-state index is 0.265. The van der Waals surface area contributed by atoms with Crippen molar-refractivity contribution in [3.8, 4) is 0 Å². The van der Waals surface area contributed by atoms with Crippen LogP contribution in [-0.2, 0) is 0 Å². The summed E-state index contributed by atoms with van der Waals surface area (Å²) >= 11 is 0. The highest BCUT2D eigenvalue weighted by Crippen LogP contribution is 2.51. The van der Waals surface area contributed by atoms with E-state index in [2.05, 4.69) is 116 Å². The van der Waals surface area contributed by atoms with Gasteiger partial charge in [-0.05, 0) is 67.2 Å². The van der Waals surface area contributed by atoms with Gasteiger partial charge >= 0.3 is 0 Å². The average molecular weight is 479 g/mol. The number of fused-ring (bicyclic) bond motifs is 1. The van der Waals surface area contributed by atoms with Crippen LogP contribution < -0.4 is 9.80 Å². The summed E-state index contributed by atoms with van der Waals surface area (Å²) in [6.07, 6.45) is 22.0. The topological polar surface area (TPSA) is 6.48 Å². The molecule has 5 rings (SSSR count). The lowest BCUT2D eigenvalue weighted by Gasteiger charge is -2.39. The summed E-state index contributed by atoms with van der Waals surface area (Å²) in [5.74, 6) is 0. The van der Waals surface area contributed by atoms with E-state index in [0.717, 1.165) is 38.6 Å². The second-order valence-corrected chi connectivity index (χ2v) is 11.3. The molecule has 0 saturated heterocycles. The maximum atomic E-state index is 2.70. The predicted molar refractivity (Wildman–Crippen MR) is 158 cm³/mol. The van der Waals surface area contributed by atoms with Crippen LogP contribution in [0.15, 0.2) is 78.9 Å². The molecule has 0 aromatic heterocycles. The lowest BCUT2D eigenvalue weighted by Crippen LogP contribution is -2.45. The van der Waals surface area contributed by atoms with E-state index < -0.39 is 0 Å². The molecule has 2 heteroatoms. The number of para-hydroxylation sites is 3. The highest BCUT2D eigenvalue weighted by atomic mass is 15.4. The third-order valence-corrected chi connectivity index (χ3v) is 8.00. The van der Waals surface area contributed by atoms with Crippen LogP contribution in [0.1, 0.15) is 83.8 Å². The number of nitrogens with zero attached hydrogens (tertiary/aromatic N) is 2. The second-order valence-electron chi connectivity index (χ2n) is 11.3. The van der Waals surface area contributed by atoms with Crippen LogP contribution in [0.2, 0.25) is 0 Å². The van der Waals surface area contributed by atoms with E-state index in [1.54, 1.807) is 0 Å². The van der Waals surface area contributed by atoms with Crippen LogP contribution in [-0.4, -0.2) is 12.7 Å². The van der Waals surface area contributed by atoms with Gasteiger partial charge in [-0.2, -0.15) is 0 Å². The molecule has 1 aliphatic heterocycles. The molecule has 2 aromatic rings. The van der Waals surface area contributed by atoms with E-state index in [1.807, 2.05) is 0 Å². The molecule has 0 spiro atoms. The number of allylic oxidation sites excluding steroid dienone is 8. The summed E-state index contributed by atoms with van der Waals surface area (Å²) in [7, 11) is 0. The van der Waals surface area contributed by atoms with E-state index in [9.17, 15) is 0 Å². The van der Waals surface area contributed by atoms with Gasteiger partial charge in [0.25, 0.3) is 0 Å². The Labute approximate surface area is 218 Å². The third kappa shape index (κ3) is 4.71. The average Bonchev–Trinajstić information content (AvgIpc) is 3.21. The van der Waals surface area contributed by atoms with Crippen LogP contribution >= 0.6 is 0 Å². The summed E-state index contributed by atoms with van der Waals surface area (Å²) in [6.45, 7) is 10.6. The molecule has 188 valence electrons. The maximum Gasteiger partial charge on any atom is 0.106 e. The molecule has 2 aliphatic carbocycles. The molecule has 1 unspecified atom stereocenters. The Morgan fingerprint density at radius 2 is 1.42 bits per heavy atom. The molecule has 0 N–H and O–H groups in total. The van der Waals surface area contributed by atoms with E-state index in [0.29, 0.717) is 6.17 Å². The van der Waals surface area contributed by atoms with Crippen molar-refractivity contribution in [3.05, 3.63) is 90.0 Å². The van der Waals surface area contributed by atoms with E-state index in [-0.39, 0.29) is 5.41 Å². The van der Waals surface area contributed by atoms with Crippen molar-refractivity contribution in [2.45, 2.75) is 78.8 Å². The largest absolute Gasteiger partial charge is 0.349 e. The maximum absolute atomic E-state index is 2.70. The van der Waals surface area contributed by atoms with Gasteiger partial charge in [0.15, 0.2) is 0 Å². The number of anilines is 3. The molecule has 3 aliphatic rings. The Balaban J connectivity index is 1.71. The van der Waals surface area contributed by atoms with Gasteiger partial charge in [-0.3, -0.25) is 0 Å². The van der Waals surface area contributed by atoms with Crippen LogP contribution in [0.25, 0.3) is 11.1 Å². The number of benzene rings is 2. The van der Waals surface area contributed by atoms with Crippen molar-refractivity contribution < 1.29 is 0 Å². The fraction of sp³-hybridized carbons (Fsp3) is 0.412. The summed E-state index contributed by atoms with van der Waals surface area (Å²) < 4.78 is 0. The first-order valence-electron chi connectivity index (χ1n) is 14.0. The molecule has 0 radical (unpaired) electrons. The first-order valence-corrected chi connectivity index (χ1v) is 14.0. The SMILES string of the molecule is CCCC(C)(C)CN1c2ccccc2N(c2c(C3=CC=CCC3)cccc2C2=CC=CCC2)C1CC. The lowest BCUT2D eigenvalue weighted by atomic mass is 9.87. The second kappa shape index (κ2) is 10.5. The van der Waals surface area contributed by atoms with Gasteiger partial charge in [-0.1, -0.05) is 101 Å². The van der Waals surface area contributed by atoms with Gasteiger partial charge in [0, 0.05) is 17.7 Å². The molecule has 36 heavy (non-hydrogen) atoms. The van der Waals surface area contributed by atoms with Crippen molar-refractivity contribution in [2.24, 2.45) is 5.41 Å². The summed E-state index contributed by atoms with van der Waals surface area (Å²) in [6, 6.07) is 16.1. The molecule has 0 fully saturated rings. The summed E-state index contributed by atoms with van der Waals surface area (Å²) in [5, 5.41) is 0. The third-order valence-electron chi connectivity index (χ3n) is 8.00. The van der Waals surface area contributed by atoms with Gasteiger partial charge in [-0.25, -0.2) is 0 Å². The number of rotatable bonds is 8. The Kier molecular flexibility index (Phi) is 7.23. The van der Waals surface area contributed by atoms with Gasteiger partial charge in [0.1, 0.15) is 6.17 Å². The van der Waals surface area contributed by atoms with E-state index in [4.69, 9.17) is 0 Å². The van der Waals surface area contributed by atoms with E-state index in [1.165, 1.54) is 52.2 Å². The molecule has 0 bridgehead atoms. The zero-order valence-corrected chi connectivity index (χ0v) is 22.6. The number of hydrogen-bond donors (Lipinski definition) is 0. The molecule has 0 saturated carbocycles. The molecule has 1 atom stereocenters. The lowest BCUT2D eigenvalue weighted by molar-refractivity contribution is 0.323. The standard InChI is InChI=1S/C34H42N2/c1-5-24-34(3,4)25-35-30-22-13-14-23-31(30)36(32(35)6-2)33-28(26-16-9-7-10-17-26)20-15-21-29(33)27-18-11-8-12-19-27/h7-9,11,13-16,18,20-23,32H,5-6,10,12,17,19,24-25H2,1-4H3. The Morgan fingerprint density at radius 1 is 0.806 bits per heavy atom. The van der Waals surface area contributed by atoms with Crippen LogP contribution in [0.5, 0.6) is 0 Å². The highest BCUT2D eigenvalue weighted by molar-refractivity contribution is 5.95. The van der Waals surface area contributed by atoms with E-state index >= 15 is 0 Å². The monoisotopic (exact) mass is 478 g/mol. The van der Waals surface area contributed by atoms with Crippen LogP contribution in [0.4, 0.5) is 17.1 Å². The smallest absolute Gasteiger partial charge is 0.106 e. The van der Waals surface area contributed by atoms with Gasteiger partial charge in [0.2, 0.25) is 0 Å². The first-order chi connectivity index (χ1) is 17.5. The molecule has 2 nitrogen and oxygen atoms in total. The zero-order valence-electron chi connectivity index (χ0n) is 22.6. The summed E-state index contributed by atoms with van der Waals surface area (Å²) in [5.41, 5.74) is 10.1. The highest BCUT2D eigenvalue weighted by Gasteiger charge is 2.40. The number of hydrogen-bond acceptors (Lipinski definition) is 2.